The minimum atomic E-state index is -4.40. The van der Waals surface area contributed by atoms with Gasteiger partial charge in [0.15, 0.2) is 0 Å². The number of hydrogen-bond acceptors (Lipinski definition) is 5. The minimum absolute atomic E-state index is 0.0922. The van der Waals surface area contributed by atoms with Crippen molar-refractivity contribution < 1.29 is 13.2 Å². The summed E-state index contributed by atoms with van der Waals surface area (Å²) in [5, 5.41) is 11.7. The Bertz CT molecular complexity index is 977. The van der Waals surface area contributed by atoms with Gasteiger partial charge in [0.05, 0.1) is 5.56 Å². The molecule has 1 aromatic carbocycles. The van der Waals surface area contributed by atoms with Gasteiger partial charge >= 0.3 is 11.9 Å². The van der Waals surface area contributed by atoms with E-state index in [1.54, 1.807) is 0 Å². The Balaban J connectivity index is 2.27. The molecule has 7 nitrogen and oxygen atoms in total. The van der Waals surface area contributed by atoms with Gasteiger partial charge < -0.3 is 10.3 Å². The Hall–Kier alpha value is -2.75. The average Bonchev–Trinajstić information content (AvgIpc) is 2.66. The zero-order valence-corrected chi connectivity index (χ0v) is 16.7. The molecular formula is C19H24F3N5O2. The van der Waals surface area contributed by atoms with Crippen LogP contribution in [0, 0.1) is 5.41 Å². The van der Waals surface area contributed by atoms with Crippen molar-refractivity contribution in [3.05, 3.63) is 61.9 Å². The molecule has 0 saturated carbocycles. The van der Waals surface area contributed by atoms with Gasteiger partial charge in [-0.3, -0.25) is 9.36 Å². The molecule has 0 aliphatic heterocycles. The van der Waals surface area contributed by atoms with Gasteiger partial charge in [-0.05, 0) is 44.6 Å². The predicted molar refractivity (Wildman–Crippen MR) is 103 cm³/mol. The first-order valence-electron chi connectivity index (χ1n) is 8.95. The first-order chi connectivity index (χ1) is 13.5. The fourth-order valence-electron chi connectivity index (χ4n) is 3.21. The molecule has 0 aliphatic rings. The summed E-state index contributed by atoms with van der Waals surface area (Å²) in [5.74, 6) is -0.614. The van der Waals surface area contributed by atoms with Gasteiger partial charge in [-0.1, -0.05) is 12.1 Å². The molecule has 2 rings (SSSR count). The fraction of sp³-hybridized carbons (Fsp3) is 0.474. The zero-order valence-electron chi connectivity index (χ0n) is 16.7. The molecule has 1 aromatic heterocycles. The monoisotopic (exact) mass is 411 g/mol. The third-order valence-corrected chi connectivity index (χ3v) is 4.89. The van der Waals surface area contributed by atoms with Crippen LogP contribution in [0.5, 0.6) is 0 Å². The van der Waals surface area contributed by atoms with Gasteiger partial charge in [-0.15, -0.1) is 0 Å². The molecule has 10 heteroatoms. The summed E-state index contributed by atoms with van der Waals surface area (Å²) >= 11 is 0. The molecule has 0 aliphatic carbocycles. The summed E-state index contributed by atoms with van der Waals surface area (Å²) < 4.78 is 40.4. The number of aromatic nitrogens is 3. The Morgan fingerprint density at radius 3 is 2.21 bits per heavy atom. The van der Waals surface area contributed by atoms with Crippen molar-refractivity contribution in [1.29, 1.82) is 5.41 Å². The Morgan fingerprint density at radius 2 is 1.72 bits per heavy atom. The molecule has 0 saturated heterocycles. The van der Waals surface area contributed by atoms with E-state index in [2.05, 4.69) is 5.10 Å². The van der Waals surface area contributed by atoms with Crippen LogP contribution in [-0.2, 0) is 20.3 Å². The molecule has 2 aromatic rings. The van der Waals surface area contributed by atoms with E-state index >= 15 is 0 Å². The molecule has 0 bridgehead atoms. The number of alkyl halides is 3. The van der Waals surface area contributed by atoms with Crippen LogP contribution >= 0.6 is 0 Å². The van der Waals surface area contributed by atoms with Gasteiger partial charge in [-0.25, -0.2) is 9.48 Å². The van der Waals surface area contributed by atoms with Gasteiger partial charge in [0.1, 0.15) is 5.69 Å². The Morgan fingerprint density at radius 1 is 1.14 bits per heavy atom. The van der Waals surface area contributed by atoms with Crippen molar-refractivity contribution in [2.75, 3.05) is 14.1 Å². The highest BCUT2D eigenvalue weighted by atomic mass is 19.4. The predicted octanol–water partition coefficient (Wildman–Crippen LogP) is 2.31. The molecule has 29 heavy (non-hydrogen) atoms. The molecular weight excluding hydrogens is 387 g/mol. The second-order valence-electron chi connectivity index (χ2n) is 7.11. The van der Waals surface area contributed by atoms with Crippen molar-refractivity contribution in [3.8, 4) is 0 Å². The van der Waals surface area contributed by atoms with Crippen LogP contribution in [0.25, 0.3) is 0 Å². The van der Waals surface area contributed by atoms with Crippen molar-refractivity contribution >= 4 is 6.21 Å². The van der Waals surface area contributed by atoms with E-state index in [9.17, 15) is 22.8 Å². The summed E-state index contributed by atoms with van der Waals surface area (Å²) in [7, 11) is 6.40. The Kier molecular flexibility index (Phi) is 6.78. The maximum absolute atomic E-state index is 12.8. The SMILES string of the molecule is CN(C)C(CCC(C=N)c1nn(C)c(=O)n(C)c1=O)c1ccc(C(F)(F)F)cc1. The van der Waals surface area contributed by atoms with Crippen LogP contribution in [-0.4, -0.2) is 39.6 Å². The van der Waals surface area contributed by atoms with Crippen molar-refractivity contribution in [2.45, 2.75) is 31.0 Å². The lowest BCUT2D eigenvalue weighted by Gasteiger charge is -2.26. The van der Waals surface area contributed by atoms with E-state index in [-0.39, 0.29) is 11.7 Å². The molecule has 2 atom stereocenters. The van der Waals surface area contributed by atoms with Gasteiger partial charge in [-0.2, -0.15) is 18.3 Å². The van der Waals surface area contributed by atoms with Gasteiger partial charge in [0.25, 0.3) is 5.56 Å². The number of aryl methyl sites for hydroxylation is 1. The highest BCUT2D eigenvalue weighted by Gasteiger charge is 2.30. The Labute approximate surface area is 165 Å². The van der Waals surface area contributed by atoms with Crippen LogP contribution in [0.15, 0.2) is 33.9 Å². The molecule has 158 valence electrons. The van der Waals surface area contributed by atoms with Crippen molar-refractivity contribution in [3.63, 3.8) is 0 Å². The van der Waals surface area contributed by atoms with Crippen molar-refractivity contribution in [1.82, 2.24) is 19.2 Å². The number of benzene rings is 1. The van der Waals surface area contributed by atoms with E-state index in [4.69, 9.17) is 5.41 Å². The normalized spacial score (nSPS) is 14.1. The van der Waals surface area contributed by atoms with Crippen LogP contribution in [0.3, 0.4) is 0 Å². The summed E-state index contributed by atoms with van der Waals surface area (Å²) in [4.78, 5) is 26.1. The third kappa shape index (κ3) is 5.00. The lowest BCUT2D eigenvalue weighted by Crippen LogP contribution is -2.41. The van der Waals surface area contributed by atoms with E-state index in [0.717, 1.165) is 27.6 Å². The molecule has 0 spiro atoms. The highest BCUT2D eigenvalue weighted by molar-refractivity contribution is 5.63. The van der Waals surface area contributed by atoms with E-state index in [1.807, 2.05) is 19.0 Å². The second-order valence-corrected chi connectivity index (χ2v) is 7.11. The summed E-state index contributed by atoms with van der Waals surface area (Å²) in [5.41, 5.74) is -1.03. The third-order valence-electron chi connectivity index (χ3n) is 4.89. The average molecular weight is 411 g/mol. The standard InChI is InChI=1S/C19H24F3N5O2/c1-25(2)15(12-5-8-14(9-6-12)19(20,21)22)10-7-13(11-23)16-17(28)26(3)18(29)27(4)24-16/h5-6,8-9,11,13,15,23H,7,10H2,1-4H3. The maximum Gasteiger partial charge on any atom is 0.416 e. The van der Waals surface area contributed by atoms with E-state index < -0.39 is 28.9 Å². The van der Waals surface area contributed by atoms with Crippen LogP contribution in [0.4, 0.5) is 13.2 Å². The fourth-order valence-corrected chi connectivity index (χ4v) is 3.21. The zero-order chi connectivity index (χ0) is 21.9. The molecule has 1 N–H and O–H groups in total. The first-order valence-corrected chi connectivity index (χ1v) is 8.95. The van der Waals surface area contributed by atoms with Crippen LogP contribution < -0.4 is 11.2 Å². The van der Waals surface area contributed by atoms with E-state index in [1.165, 1.54) is 26.2 Å². The lowest BCUT2D eigenvalue weighted by molar-refractivity contribution is -0.137. The maximum atomic E-state index is 12.8. The first kappa shape index (κ1) is 22.5. The lowest BCUT2D eigenvalue weighted by atomic mass is 9.93. The summed E-state index contributed by atoms with van der Waals surface area (Å²) in [6.07, 6.45) is -2.44. The molecule has 1 heterocycles. The number of rotatable bonds is 7. The number of halogens is 3. The number of nitrogens with zero attached hydrogens (tertiary/aromatic N) is 4. The summed E-state index contributed by atoms with van der Waals surface area (Å²) in [6, 6.07) is 4.76. The molecule has 0 radical (unpaired) electrons. The van der Waals surface area contributed by atoms with Crippen molar-refractivity contribution in [2.24, 2.45) is 14.1 Å². The van der Waals surface area contributed by atoms with Gasteiger partial charge in [0.2, 0.25) is 0 Å². The molecule has 0 amide bonds. The summed E-state index contributed by atoms with van der Waals surface area (Å²) in [6.45, 7) is 0. The van der Waals surface area contributed by atoms with Gasteiger partial charge in [0, 0.05) is 32.3 Å². The van der Waals surface area contributed by atoms with Crippen LogP contribution in [0.1, 0.15) is 41.6 Å². The number of hydrogen-bond donors (Lipinski definition) is 1. The number of nitrogens with one attached hydrogen (secondary N) is 1. The van der Waals surface area contributed by atoms with E-state index in [0.29, 0.717) is 18.4 Å². The molecule has 0 fully saturated rings. The largest absolute Gasteiger partial charge is 0.416 e. The topological polar surface area (TPSA) is 84.0 Å². The minimum Gasteiger partial charge on any atom is -0.312 e. The smallest absolute Gasteiger partial charge is 0.312 e. The highest BCUT2D eigenvalue weighted by Crippen LogP contribution is 2.32. The second kappa shape index (κ2) is 8.73. The van der Waals surface area contributed by atoms with Crippen LogP contribution in [0.2, 0.25) is 0 Å². The molecule has 2 unspecified atom stereocenters. The quantitative estimate of drug-likeness (QED) is 0.709.